The molecule has 3 heterocycles. The highest BCUT2D eigenvalue weighted by Crippen LogP contribution is 2.23. The number of rotatable bonds is 6. The molecular formula is C17H14N6O2S2. The lowest BCUT2D eigenvalue weighted by Crippen LogP contribution is -2.28. The van der Waals surface area contributed by atoms with E-state index in [4.69, 9.17) is 0 Å². The van der Waals surface area contributed by atoms with E-state index in [2.05, 4.69) is 20.4 Å². The molecule has 3 aromatic heterocycles. The van der Waals surface area contributed by atoms with Gasteiger partial charge < -0.3 is 5.32 Å². The van der Waals surface area contributed by atoms with E-state index in [9.17, 15) is 9.59 Å². The SMILES string of the molecule is O=C(Cn1nc2c(SCc3ccccc3)nccn2c1=O)Nc1nccs1. The van der Waals surface area contributed by atoms with Crippen molar-refractivity contribution in [2.24, 2.45) is 0 Å². The Morgan fingerprint density at radius 2 is 2.04 bits per heavy atom. The largest absolute Gasteiger partial charge is 0.350 e. The van der Waals surface area contributed by atoms with Crippen molar-refractivity contribution in [1.29, 1.82) is 0 Å². The number of nitrogens with zero attached hydrogens (tertiary/aromatic N) is 5. The summed E-state index contributed by atoms with van der Waals surface area (Å²) in [5.74, 6) is 0.348. The van der Waals surface area contributed by atoms with Gasteiger partial charge in [0.05, 0.1) is 0 Å². The van der Waals surface area contributed by atoms with Crippen LogP contribution in [0, 0.1) is 0 Å². The number of aromatic nitrogens is 5. The van der Waals surface area contributed by atoms with Crippen LogP contribution in [-0.2, 0) is 17.1 Å². The van der Waals surface area contributed by atoms with Crippen molar-refractivity contribution < 1.29 is 4.79 Å². The third-order valence-electron chi connectivity index (χ3n) is 3.66. The number of hydrogen-bond acceptors (Lipinski definition) is 7. The van der Waals surface area contributed by atoms with Gasteiger partial charge in [0.25, 0.3) is 0 Å². The lowest BCUT2D eigenvalue weighted by molar-refractivity contribution is -0.117. The highest BCUT2D eigenvalue weighted by molar-refractivity contribution is 7.98. The van der Waals surface area contributed by atoms with Gasteiger partial charge in [-0.15, -0.1) is 16.4 Å². The van der Waals surface area contributed by atoms with Gasteiger partial charge in [-0.3, -0.25) is 4.79 Å². The predicted octanol–water partition coefficient (Wildman–Crippen LogP) is 2.28. The topological polar surface area (TPSA) is 94.2 Å². The van der Waals surface area contributed by atoms with Crippen LogP contribution < -0.4 is 11.0 Å². The Morgan fingerprint density at radius 3 is 2.81 bits per heavy atom. The lowest BCUT2D eigenvalue weighted by Gasteiger charge is -2.01. The first-order chi connectivity index (χ1) is 13.2. The van der Waals surface area contributed by atoms with Crippen molar-refractivity contribution in [1.82, 2.24) is 24.1 Å². The van der Waals surface area contributed by atoms with Gasteiger partial charge in [0.15, 0.2) is 10.8 Å². The highest BCUT2D eigenvalue weighted by Gasteiger charge is 2.15. The van der Waals surface area contributed by atoms with E-state index < -0.39 is 0 Å². The number of fused-ring (bicyclic) bond motifs is 1. The van der Waals surface area contributed by atoms with Crippen molar-refractivity contribution in [2.75, 3.05) is 5.32 Å². The molecule has 10 heteroatoms. The summed E-state index contributed by atoms with van der Waals surface area (Å²) < 4.78 is 2.53. The molecule has 0 saturated carbocycles. The molecule has 0 atom stereocenters. The fourth-order valence-electron chi connectivity index (χ4n) is 2.44. The van der Waals surface area contributed by atoms with Crippen LogP contribution in [0.1, 0.15) is 5.56 Å². The minimum atomic E-state index is -0.386. The Morgan fingerprint density at radius 1 is 1.19 bits per heavy atom. The minimum Gasteiger partial charge on any atom is -0.300 e. The second kappa shape index (κ2) is 7.72. The van der Waals surface area contributed by atoms with Crippen molar-refractivity contribution in [2.45, 2.75) is 17.3 Å². The molecule has 0 fully saturated rings. The fourth-order valence-corrected chi connectivity index (χ4v) is 3.88. The van der Waals surface area contributed by atoms with Gasteiger partial charge in [-0.05, 0) is 5.56 Å². The van der Waals surface area contributed by atoms with E-state index >= 15 is 0 Å². The van der Waals surface area contributed by atoms with Gasteiger partial charge >= 0.3 is 5.69 Å². The Labute approximate surface area is 161 Å². The van der Waals surface area contributed by atoms with Crippen LogP contribution in [0.15, 0.2) is 64.1 Å². The van der Waals surface area contributed by atoms with Gasteiger partial charge in [0.1, 0.15) is 11.6 Å². The first-order valence-corrected chi connectivity index (χ1v) is 9.87. The fraction of sp³-hybridized carbons (Fsp3) is 0.118. The molecule has 0 spiro atoms. The van der Waals surface area contributed by atoms with Crippen LogP contribution in [-0.4, -0.2) is 30.1 Å². The number of anilines is 1. The molecule has 0 aliphatic carbocycles. The zero-order valence-electron chi connectivity index (χ0n) is 14.0. The van der Waals surface area contributed by atoms with Crippen molar-refractivity contribution in [3.8, 4) is 0 Å². The zero-order valence-corrected chi connectivity index (χ0v) is 15.6. The Kier molecular flexibility index (Phi) is 4.99. The summed E-state index contributed by atoms with van der Waals surface area (Å²) >= 11 is 2.80. The first kappa shape index (κ1) is 17.4. The van der Waals surface area contributed by atoms with E-state index in [1.54, 1.807) is 24.0 Å². The van der Waals surface area contributed by atoms with Crippen LogP contribution in [0.2, 0.25) is 0 Å². The summed E-state index contributed by atoms with van der Waals surface area (Å²) in [6, 6.07) is 9.97. The normalized spacial score (nSPS) is 11.0. The van der Waals surface area contributed by atoms with Crippen LogP contribution in [0.25, 0.3) is 5.65 Å². The molecule has 0 radical (unpaired) electrons. The molecule has 1 N–H and O–H groups in total. The van der Waals surface area contributed by atoms with Crippen LogP contribution in [0.4, 0.5) is 5.13 Å². The lowest BCUT2D eigenvalue weighted by atomic mass is 10.2. The molecule has 0 saturated heterocycles. The monoisotopic (exact) mass is 398 g/mol. The molecule has 136 valence electrons. The maximum Gasteiger partial charge on any atom is 0.350 e. The first-order valence-electron chi connectivity index (χ1n) is 8.01. The van der Waals surface area contributed by atoms with Gasteiger partial charge in [-0.25, -0.2) is 23.8 Å². The standard InChI is InChI=1S/C17H14N6O2S2/c24-13(20-16-19-7-9-26-16)10-23-17(25)22-8-6-18-15(14(22)21-23)27-11-12-4-2-1-3-5-12/h1-9H,10-11H2,(H,19,20,24). The van der Waals surface area contributed by atoms with E-state index in [1.165, 1.54) is 27.5 Å². The van der Waals surface area contributed by atoms with Crippen LogP contribution in [0.5, 0.6) is 0 Å². The summed E-state index contributed by atoms with van der Waals surface area (Å²) in [5, 5.41) is 9.82. The second-order valence-corrected chi connectivity index (χ2v) is 7.38. The maximum absolute atomic E-state index is 12.5. The van der Waals surface area contributed by atoms with Crippen LogP contribution >= 0.6 is 23.1 Å². The molecule has 8 nitrogen and oxygen atoms in total. The van der Waals surface area contributed by atoms with E-state index in [0.29, 0.717) is 21.6 Å². The molecule has 0 aliphatic rings. The van der Waals surface area contributed by atoms with E-state index in [-0.39, 0.29) is 18.1 Å². The summed E-state index contributed by atoms with van der Waals surface area (Å²) in [6.07, 6.45) is 4.70. The predicted molar refractivity (Wildman–Crippen MR) is 104 cm³/mol. The van der Waals surface area contributed by atoms with Gasteiger partial charge in [-0.1, -0.05) is 42.1 Å². The summed E-state index contributed by atoms with van der Waals surface area (Å²) in [7, 11) is 0. The number of carbonyl (C=O) groups excluding carboxylic acids is 1. The van der Waals surface area contributed by atoms with E-state index in [1.807, 2.05) is 30.3 Å². The molecule has 27 heavy (non-hydrogen) atoms. The van der Waals surface area contributed by atoms with Gasteiger partial charge in [0, 0.05) is 29.7 Å². The molecule has 0 unspecified atom stereocenters. The smallest absolute Gasteiger partial charge is 0.300 e. The number of thiazole rings is 1. The maximum atomic E-state index is 12.5. The number of amides is 1. The summed E-state index contributed by atoms with van der Waals surface area (Å²) in [4.78, 5) is 33.0. The van der Waals surface area contributed by atoms with Gasteiger partial charge in [0.2, 0.25) is 5.91 Å². The molecule has 0 bridgehead atoms. The average molecular weight is 398 g/mol. The zero-order chi connectivity index (χ0) is 18.6. The molecule has 4 aromatic rings. The quantitative estimate of drug-likeness (QED) is 0.501. The van der Waals surface area contributed by atoms with Crippen molar-refractivity contribution in [3.05, 3.63) is 70.4 Å². The number of thioether (sulfide) groups is 1. The summed E-state index contributed by atoms with van der Waals surface area (Å²) in [6.45, 7) is -0.192. The third-order valence-corrected chi connectivity index (χ3v) is 5.39. The number of nitrogens with one attached hydrogen (secondary N) is 1. The summed E-state index contributed by atoms with van der Waals surface area (Å²) in [5.41, 5.74) is 1.20. The van der Waals surface area contributed by atoms with Gasteiger partial charge in [-0.2, -0.15) is 0 Å². The molecule has 0 aliphatic heterocycles. The number of carbonyl (C=O) groups is 1. The number of benzene rings is 1. The Balaban J connectivity index is 1.55. The minimum absolute atomic E-state index is 0.192. The molecular weight excluding hydrogens is 384 g/mol. The Hall–Kier alpha value is -2.98. The van der Waals surface area contributed by atoms with Crippen molar-refractivity contribution in [3.63, 3.8) is 0 Å². The average Bonchev–Trinajstić information content (AvgIpc) is 3.30. The number of hydrogen-bond donors (Lipinski definition) is 1. The molecule has 1 aromatic carbocycles. The van der Waals surface area contributed by atoms with E-state index in [0.717, 1.165) is 10.2 Å². The third kappa shape index (κ3) is 3.91. The Bertz CT molecular complexity index is 1120. The van der Waals surface area contributed by atoms with Crippen molar-refractivity contribution >= 4 is 39.8 Å². The highest BCUT2D eigenvalue weighted by atomic mass is 32.2. The molecule has 4 rings (SSSR count). The second-order valence-electron chi connectivity index (χ2n) is 5.53. The van der Waals surface area contributed by atoms with Crippen LogP contribution in [0.3, 0.4) is 0 Å². The molecule has 1 amide bonds.